The van der Waals surface area contributed by atoms with Crippen LogP contribution in [0.2, 0.25) is 0 Å². The first-order valence-electron chi connectivity index (χ1n) is 9.49. The Balaban J connectivity index is 1.72. The number of hydrogen-bond donors (Lipinski definition) is 1. The summed E-state index contributed by atoms with van der Waals surface area (Å²) in [6.45, 7) is 0.604. The number of thioether (sulfide) groups is 1. The molecular weight excluding hydrogens is 386 g/mol. The lowest BCUT2D eigenvalue weighted by Crippen LogP contribution is -2.34. The predicted octanol–water partition coefficient (Wildman–Crippen LogP) is 3.08. The molecule has 0 saturated heterocycles. The van der Waals surface area contributed by atoms with Crippen LogP contribution in [0, 0.1) is 0 Å². The summed E-state index contributed by atoms with van der Waals surface area (Å²) >= 11 is 1.43. The zero-order chi connectivity index (χ0) is 20.2. The molecule has 1 N–H and O–H groups in total. The fourth-order valence-electron chi connectivity index (χ4n) is 3.53. The van der Waals surface area contributed by atoms with Gasteiger partial charge in [-0.15, -0.1) is 11.8 Å². The smallest absolute Gasteiger partial charge is 0.254 e. The number of rotatable bonds is 4. The highest BCUT2D eigenvalue weighted by atomic mass is 32.2. The summed E-state index contributed by atoms with van der Waals surface area (Å²) < 4.78 is 1.68. The fraction of sp³-hybridized carbons (Fsp3) is 0.286. The van der Waals surface area contributed by atoms with Gasteiger partial charge in [-0.2, -0.15) is 0 Å². The van der Waals surface area contributed by atoms with E-state index >= 15 is 0 Å². The molecule has 0 saturated carbocycles. The Kier molecular flexibility index (Phi) is 5.71. The summed E-state index contributed by atoms with van der Waals surface area (Å²) in [5.41, 5.74) is 1.85. The number of fused-ring (bicyclic) bond motifs is 1. The van der Waals surface area contributed by atoms with E-state index in [1.165, 1.54) is 11.8 Å². The lowest BCUT2D eigenvalue weighted by molar-refractivity contribution is 0.0928. The van der Waals surface area contributed by atoms with Crippen molar-refractivity contribution in [2.75, 3.05) is 6.26 Å². The Bertz CT molecular complexity index is 1080. The summed E-state index contributed by atoms with van der Waals surface area (Å²) in [5, 5.41) is 3.76. The molecular formula is C21H21N5O2S. The molecule has 0 fully saturated rings. The Hall–Kier alpha value is -3.00. The number of nitrogens with zero attached hydrogens (tertiary/aromatic N) is 4. The van der Waals surface area contributed by atoms with Gasteiger partial charge >= 0.3 is 0 Å². The van der Waals surface area contributed by atoms with Crippen molar-refractivity contribution in [3.63, 3.8) is 0 Å². The topological polar surface area (TPSA) is 89.8 Å². The molecule has 1 atom stereocenters. The van der Waals surface area contributed by atoms with Crippen molar-refractivity contribution in [3.8, 4) is 11.3 Å². The fourth-order valence-corrected chi connectivity index (χ4v) is 4.08. The average Bonchev–Trinajstić information content (AvgIpc) is 2.97. The first-order chi connectivity index (χ1) is 14.2. The van der Waals surface area contributed by atoms with Gasteiger partial charge in [-0.25, -0.2) is 9.97 Å². The highest BCUT2D eigenvalue weighted by molar-refractivity contribution is 7.98. The monoisotopic (exact) mass is 407 g/mol. The lowest BCUT2D eigenvalue weighted by atomic mass is 10.1. The summed E-state index contributed by atoms with van der Waals surface area (Å²) in [6, 6.07) is 8.37. The van der Waals surface area contributed by atoms with Gasteiger partial charge < -0.3 is 5.32 Å². The van der Waals surface area contributed by atoms with Crippen LogP contribution in [0.4, 0.5) is 0 Å². The zero-order valence-corrected chi connectivity index (χ0v) is 16.9. The normalized spacial score (nSPS) is 16.0. The quantitative estimate of drug-likeness (QED) is 0.669. The van der Waals surface area contributed by atoms with Gasteiger partial charge in [0, 0.05) is 36.8 Å². The van der Waals surface area contributed by atoms with Crippen LogP contribution in [0.5, 0.6) is 0 Å². The lowest BCUT2D eigenvalue weighted by Gasteiger charge is -2.20. The Morgan fingerprint density at radius 2 is 2.03 bits per heavy atom. The van der Waals surface area contributed by atoms with E-state index in [0.717, 1.165) is 24.8 Å². The second-order valence-corrected chi connectivity index (χ2v) is 7.60. The Morgan fingerprint density at radius 3 is 2.83 bits per heavy atom. The van der Waals surface area contributed by atoms with Crippen LogP contribution >= 0.6 is 11.8 Å². The van der Waals surface area contributed by atoms with Gasteiger partial charge in [0.15, 0.2) is 0 Å². The van der Waals surface area contributed by atoms with Crippen LogP contribution in [-0.2, 0) is 6.54 Å². The van der Waals surface area contributed by atoms with Crippen molar-refractivity contribution in [1.82, 2.24) is 24.8 Å². The third kappa shape index (κ3) is 4.07. The summed E-state index contributed by atoms with van der Waals surface area (Å²) in [4.78, 5) is 38.8. The van der Waals surface area contributed by atoms with Gasteiger partial charge in [0.2, 0.25) is 0 Å². The molecule has 148 valence electrons. The molecule has 4 rings (SSSR count). The minimum atomic E-state index is -0.339. The van der Waals surface area contributed by atoms with Crippen molar-refractivity contribution < 1.29 is 4.79 Å². The second-order valence-electron chi connectivity index (χ2n) is 6.81. The maximum atomic E-state index is 13.0. The second kappa shape index (κ2) is 8.57. The molecule has 1 unspecified atom stereocenters. The van der Waals surface area contributed by atoms with Crippen LogP contribution in [0.3, 0.4) is 0 Å². The summed E-state index contributed by atoms with van der Waals surface area (Å²) in [6.07, 6.45) is 9.41. The third-order valence-corrected chi connectivity index (χ3v) is 5.68. The van der Waals surface area contributed by atoms with E-state index in [0.29, 0.717) is 28.7 Å². The van der Waals surface area contributed by atoms with Crippen molar-refractivity contribution in [1.29, 1.82) is 0 Å². The van der Waals surface area contributed by atoms with E-state index in [1.807, 2.05) is 18.4 Å². The highest BCUT2D eigenvalue weighted by Gasteiger charge is 2.25. The van der Waals surface area contributed by atoms with E-state index in [4.69, 9.17) is 4.98 Å². The van der Waals surface area contributed by atoms with E-state index < -0.39 is 0 Å². The Labute approximate surface area is 172 Å². The molecule has 8 heteroatoms. The molecule has 0 spiro atoms. The van der Waals surface area contributed by atoms with E-state index in [2.05, 4.69) is 15.3 Å². The van der Waals surface area contributed by atoms with Crippen LogP contribution in [0.25, 0.3) is 11.3 Å². The SMILES string of the molecule is CSc1ncccc1C(=O)NC1CCCCn2c1nc(-c1ccncc1)cc2=O. The minimum absolute atomic E-state index is 0.103. The van der Waals surface area contributed by atoms with E-state index in [9.17, 15) is 9.59 Å². The van der Waals surface area contributed by atoms with Crippen LogP contribution in [-0.4, -0.2) is 31.7 Å². The maximum Gasteiger partial charge on any atom is 0.254 e. The molecule has 3 aromatic rings. The Morgan fingerprint density at radius 1 is 1.21 bits per heavy atom. The number of aromatic nitrogens is 4. The van der Waals surface area contributed by atoms with Crippen molar-refractivity contribution >= 4 is 17.7 Å². The van der Waals surface area contributed by atoms with Gasteiger partial charge in [-0.05, 0) is 49.8 Å². The minimum Gasteiger partial charge on any atom is -0.342 e. The van der Waals surface area contributed by atoms with E-state index in [-0.39, 0.29) is 17.5 Å². The van der Waals surface area contributed by atoms with Gasteiger partial charge in [0.1, 0.15) is 10.9 Å². The van der Waals surface area contributed by atoms with Crippen LogP contribution in [0.1, 0.15) is 41.5 Å². The van der Waals surface area contributed by atoms with Crippen LogP contribution < -0.4 is 10.9 Å². The number of pyridine rings is 2. The molecule has 3 aromatic heterocycles. The third-order valence-electron chi connectivity index (χ3n) is 4.96. The average molecular weight is 407 g/mol. The first kappa shape index (κ1) is 19.3. The zero-order valence-electron chi connectivity index (χ0n) is 16.0. The van der Waals surface area contributed by atoms with Gasteiger partial charge in [0.05, 0.1) is 17.3 Å². The van der Waals surface area contributed by atoms with Gasteiger partial charge in [-0.3, -0.25) is 19.1 Å². The standard InChI is InChI=1S/C21H21N5O2S/c1-29-21-15(5-4-9-23-21)20(28)25-16-6-2-3-12-26-18(27)13-17(24-19(16)26)14-7-10-22-11-8-14/h4-5,7-11,13,16H,2-3,6,12H2,1H3,(H,25,28). The predicted molar refractivity (Wildman–Crippen MR) is 112 cm³/mol. The van der Waals surface area contributed by atoms with Gasteiger partial charge in [-0.1, -0.05) is 0 Å². The molecule has 1 amide bonds. The van der Waals surface area contributed by atoms with Crippen molar-refractivity contribution in [3.05, 3.63) is 70.7 Å². The number of carbonyl (C=O) groups excluding carboxylic acids is 1. The molecule has 1 aliphatic rings. The molecule has 7 nitrogen and oxygen atoms in total. The molecule has 0 bridgehead atoms. The van der Waals surface area contributed by atoms with Crippen molar-refractivity contribution in [2.45, 2.75) is 36.9 Å². The maximum absolute atomic E-state index is 13.0. The van der Waals surface area contributed by atoms with Gasteiger partial charge in [0.25, 0.3) is 11.5 Å². The molecule has 0 aliphatic carbocycles. The van der Waals surface area contributed by atoms with E-state index in [1.54, 1.807) is 41.4 Å². The largest absolute Gasteiger partial charge is 0.342 e. The molecule has 4 heterocycles. The molecule has 29 heavy (non-hydrogen) atoms. The number of nitrogens with one attached hydrogen (secondary N) is 1. The highest BCUT2D eigenvalue weighted by Crippen LogP contribution is 2.25. The van der Waals surface area contributed by atoms with Crippen molar-refractivity contribution in [2.24, 2.45) is 0 Å². The summed E-state index contributed by atoms with van der Waals surface area (Å²) in [5.74, 6) is 0.397. The molecule has 0 radical (unpaired) electrons. The number of hydrogen-bond acceptors (Lipinski definition) is 6. The molecule has 0 aromatic carbocycles. The van der Waals surface area contributed by atoms with Crippen LogP contribution in [0.15, 0.2) is 58.7 Å². The number of amides is 1. The number of carbonyl (C=O) groups is 1. The summed E-state index contributed by atoms with van der Waals surface area (Å²) in [7, 11) is 0. The first-order valence-corrected chi connectivity index (χ1v) is 10.7. The molecule has 1 aliphatic heterocycles.